The summed E-state index contributed by atoms with van der Waals surface area (Å²) in [4.78, 5) is 26.1. The van der Waals surface area contributed by atoms with E-state index in [1.165, 1.54) is 0 Å². The molecule has 0 radical (unpaired) electrons. The summed E-state index contributed by atoms with van der Waals surface area (Å²) < 4.78 is 1.84. The molecule has 0 spiro atoms. The number of hydrogen-bond donors (Lipinski definition) is 2. The lowest BCUT2D eigenvalue weighted by molar-refractivity contribution is 0.0967. The van der Waals surface area contributed by atoms with Crippen LogP contribution in [0.3, 0.4) is 0 Å². The zero-order chi connectivity index (χ0) is 23.8. The SMILES string of the molecule is O=C(c1cccc(Nc2nccc(-n3c(CO)cnc3-c3ccc4ccccc4c3)n2)c1)C1CC1. The van der Waals surface area contributed by atoms with E-state index in [2.05, 4.69) is 39.6 Å². The second-order valence-corrected chi connectivity index (χ2v) is 8.71. The van der Waals surface area contributed by atoms with Gasteiger partial charge in [-0.05, 0) is 47.9 Å². The van der Waals surface area contributed by atoms with Crippen molar-refractivity contribution in [2.45, 2.75) is 19.4 Å². The van der Waals surface area contributed by atoms with E-state index in [0.717, 1.165) is 34.9 Å². The van der Waals surface area contributed by atoms with Gasteiger partial charge < -0.3 is 10.4 Å². The maximum absolute atomic E-state index is 12.5. The van der Waals surface area contributed by atoms with Crippen molar-refractivity contribution < 1.29 is 9.90 Å². The quantitative estimate of drug-likeness (QED) is 0.319. The van der Waals surface area contributed by atoms with Crippen LogP contribution in [0.1, 0.15) is 28.9 Å². The molecule has 5 aromatic rings. The van der Waals surface area contributed by atoms with Gasteiger partial charge in [-0.1, -0.05) is 48.5 Å². The van der Waals surface area contributed by atoms with Crippen LogP contribution in [0.15, 0.2) is 85.2 Å². The van der Waals surface area contributed by atoms with Gasteiger partial charge >= 0.3 is 0 Å². The Labute approximate surface area is 202 Å². The first-order chi connectivity index (χ1) is 17.2. The number of ketones is 1. The number of nitrogens with one attached hydrogen (secondary N) is 1. The Kier molecular flexibility index (Phi) is 5.31. The predicted octanol–water partition coefficient (Wildman–Crippen LogP) is 5.31. The number of rotatable bonds is 7. The normalized spacial score (nSPS) is 13.2. The van der Waals surface area contributed by atoms with Crippen molar-refractivity contribution in [2.24, 2.45) is 5.92 Å². The fourth-order valence-electron chi connectivity index (χ4n) is 4.28. The molecule has 0 saturated heterocycles. The first-order valence-corrected chi connectivity index (χ1v) is 11.6. The van der Waals surface area contributed by atoms with Crippen LogP contribution in [0, 0.1) is 5.92 Å². The van der Waals surface area contributed by atoms with Crippen LogP contribution < -0.4 is 5.32 Å². The van der Waals surface area contributed by atoms with Crippen molar-refractivity contribution in [2.75, 3.05) is 5.32 Å². The molecular formula is C28H23N5O2. The Morgan fingerprint density at radius 2 is 1.83 bits per heavy atom. The average Bonchev–Trinajstić information content (AvgIpc) is 3.66. The van der Waals surface area contributed by atoms with Crippen LogP contribution in [0.25, 0.3) is 28.0 Å². The van der Waals surface area contributed by atoms with Gasteiger partial charge in [-0.2, -0.15) is 4.98 Å². The van der Waals surface area contributed by atoms with Crippen molar-refractivity contribution in [3.63, 3.8) is 0 Å². The third kappa shape index (κ3) is 4.18. The van der Waals surface area contributed by atoms with Gasteiger partial charge in [-0.3, -0.25) is 9.36 Å². The highest BCUT2D eigenvalue weighted by molar-refractivity contribution is 6.00. The third-order valence-electron chi connectivity index (χ3n) is 6.23. The lowest BCUT2D eigenvalue weighted by Gasteiger charge is -2.13. The second-order valence-electron chi connectivity index (χ2n) is 8.71. The van der Waals surface area contributed by atoms with Crippen LogP contribution in [-0.4, -0.2) is 30.4 Å². The molecule has 172 valence electrons. The number of benzene rings is 3. The topological polar surface area (TPSA) is 92.9 Å². The summed E-state index contributed by atoms with van der Waals surface area (Å²) in [5, 5.41) is 15.5. The number of Topliss-reactive ketones (excluding diaryl/α,β-unsaturated/α-hetero) is 1. The smallest absolute Gasteiger partial charge is 0.229 e. The van der Waals surface area contributed by atoms with Gasteiger partial charge in [0.1, 0.15) is 11.6 Å². The van der Waals surface area contributed by atoms with Gasteiger partial charge in [-0.25, -0.2) is 9.97 Å². The van der Waals surface area contributed by atoms with Gasteiger partial charge in [0, 0.05) is 28.9 Å². The molecule has 3 aromatic carbocycles. The fraction of sp³-hybridized carbons (Fsp3) is 0.143. The Morgan fingerprint density at radius 1 is 0.971 bits per heavy atom. The standard InChI is InChI=1S/C28H23N5O2/c34-17-24-16-30-27(22-11-8-18-4-1-2-5-20(18)14-22)33(24)25-12-13-29-28(32-25)31-23-7-3-6-21(15-23)26(35)19-9-10-19/h1-8,11-16,19,34H,9-10,17H2,(H,29,31,32). The molecule has 0 unspecified atom stereocenters. The summed E-state index contributed by atoms with van der Waals surface area (Å²) in [6.07, 6.45) is 5.26. The third-order valence-corrected chi connectivity index (χ3v) is 6.23. The number of anilines is 2. The number of carbonyl (C=O) groups excluding carboxylic acids is 1. The Morgan fingerprint density at radius 3 is 2.66 bits per heavy atom. The summed E-state index contributed by atoms with van der Waals surface area (Å²) in [6, 6.07) is 23.5. The first kappa shape index (κ1) is 21.2. The van der Waals surface area contributed by atoms with Crippen LogP contribution in [0.4, 0.5) is 11.6 Å². The number of aliphatic hydroxyl groups is 1. The number of nitrogens with zero attached hydrogens (tertiary/aromatic N) is 4. The van der Waals surface area contributed by atoms with Crippen molar-refractivity contribution in [1.29, 1.82) is 0 Å². The van der Waals surface area contributed by atoms with Gasteiger partial charge in [0.15, 0.2) is 5.78 Å². The predicted molar refractivity (Wildman–Crippen MR) is 135 cm³/mol. The summed E-state index contributed by atoms with van der Waals surface area (Å²) in [6.45, 7) is -0.182. The number of carbonyl (C=O) groups is 1. The van der Waals surface area contributed by atoms with Gasteiger partial charge in [-0.15, -0.1) is 0 Å². The van der Waals surface area contributed by atoms with Crippen LogP contribution in [0.5, 0.6) is 0 Å². The van der Waals surface area contributed by atoms with Gasteiger partial charge in [0.2, 0.25) is 5.95 Å². The van der Waals surface area contributed by atoms with Crippen LogP contribution >= 0.6 is 0 Å². The highest BCUT2D eigenvalue weighted by Gasteiger charge is 2.30. The Hall–Kier alpha value is -4.36. The second kappa shape index (κ2) is 8.77. The molecule has 1 aliphatic rings. The van der Waals surface area contributed by atoms with E-state index < -0.39 is 0 Å². The van der Waals surface area contributed by atoms with Gasteiger partial charge in [0.25, 0.3) is 0 Å². The molecule has 0 atom stereocenters. The molecule has 7 heteroatoms. The van der Waals surface area contributed by atoms with E-state index >= 15 is 0 Å². The van der Waals surface area contributed by atoms with Crippen LogP contribution in [-0.2, 0) is 6.61 Å². The molecule has 1 saturated carbocycles. The highest BCUT2D eigenvalue weighted by Crippen LogP contribution is 2.33. The van der Waals surface area contributed by atoms with E-state index in [-0.39, 0.29) is 18.3 Å². The first-order valence-electron chi connectivity index (χ1n) is 11.6. The molecule has 35 heavy (non-hydrogen) atoms. The minimum Gasteiger partial charge on any atom is -0.390 e. The Bertz CT molecular complexity index is 1550. The zero-order valence-corrected chi connectivity index (χ0v) is 18.9. The lowest BCUT2D eigenvalue weighted by atomic mass is 10.1. The molecule has 0 aliphatic heterocycles. The largest absolute Gasteiger partial charge is 0.390 e. The Balaban J connectivity index is 1.35. The van der Waals surface area contributed by atoms with E-state index in [1.54, 1.807) is 18.5 Å². The zero-order valence-electron chi connectivity index (χ0n) is 18.9. The van der Waals surface area contributed by atoms with E-state index in [1.807, 2.05) is 47.0 Å². The summed E-state index contributed by atoms with van der Waals surface area (Å²) in [5.74, 6) is 2.00. The molecule has 2 N–H and O–H groups in total. The summed E-state index contributed by atoms with van der Waals surface area (Å²) in [5.41, 5.74) is 2.98. The van der Waals surface area contributed by atoms with Gasteiger partial charge in [0.05, 0.1) is 18.5 Å². The van der Waals surface area contributed by atoms with Crippen molar-refractivity contribution >= 4 is 28.2 Å². The molecule has 0 amide bonds. The van der Waals surface area contributed by atoms with Crippen molar-refractivity contribution in [1.82, 2.24) is 19.5 Å². The van der Waals surface area contributed by atoms with E-state index in [0.29, 0.717) is 28.8 Å². The molecule has 2 aromatic heterocycles. The molecule has 0 bridgehead atoms. The average molecular weight is 462 g/mol. The lowest BCUT2D eigenvalue weighted by Crippen LogP contribution is -2.07. The fourth-order valence-corrected chi connectivity index (χ4v) is 4.28. The highest BCUT2D eigenvalue weighted by atomic mass is 16.3. The molecular weight excluding hydrogens is 438 g/mol. The maximum atomic E-state index is 12.5. The van der Waals surface area contributed by atoms with Crippen molar-refractivity contribution in [3.8, 4) is 17.2 Å². The number of hydrogen-bond acceptors (Lipinski definition) is 6. The maximum Gasteiger partial charge on any atom is 0.229 e. The number of aromatic nitrogens is 4. The summed E-state index contributed by atoms with van der Waals surface area (Å²) in [7, 11) is 0. The monoisotopic (exact) mass is 461 g/mol. The van der Waals surface area contributed by atoms with E-state index in [9.17, 15) is 9.90 Å². The van der Waals surface area contributed by atoms with E-state index in [4.69, 9.17) is 4.98 Å². The number of aliphatic hydroxyl groups excluding tert-OH is 1. The molecule has 1 fully saturated rings. The van der Waals surface area contributed by atoms with Crippen LogP contribution in [0.2, 0.25) is 0 Å². The molecule has 1 aliphatic carbocycles. The minimum absolute atomic E-state index is 0.163. The minimum atomic E-state index is -0.182. The summed E-state index contributed by atoms with van der Waals surface area (Å²) >= 11 is 0. The van der Waals surface area contributed by atoms with Crippen molar-refractivity contribution in [3.05, 3.63) is 96.4 Å². The number of fused-ring (bicyclic) bond motifs is 1. The number of imidazole rings is 1. The molecule has 6 rings (SSSR count). The molecule has 2 heterocycles. The molecule has 7 nitrogen and oxygen atoms in total.